The summed E-state index contributed by atoms with van der Waals surface area (Å²) in [7, 11) is 2.83. The number of phenols is 1. The molecule has 0 saturated heterocycles. The number of aliphatic hydroxyl groups excluding tert-OH is 2. The fourth-order valence-electron chi connectivity index (χ4n) is 7.16. The fraction of sp³-hybridized carbons (Fsp3) is 0.310. The average molecular weight is 604 g/mol. The van der Waals surface area contributed by atoms with Gasteiger partial charge in [-0.25, -0.2) is 0 Å². The normalized spacial score (nSPS) is 27.9. The van der Waals surface area contributed by atoms with Crippen LogP contribution in [0.25, 0.3) is 16.9 Å². The van der Waals surface area contributed by atoms with Gasteiger partial charge in [0, 0.05) is 24.2 Å². The quantitative estimate of drug-likeness (QED) is 0.134. The first-order valence-corrected chi connectivity index (χ1v) is 13.3. The van der Waals surface area contributed by atoms with Gasteiger partial charge in [-0.2, -0.15) is 5.26 Å². The van der Waals surface area contributed by atoms with Crippen LogP contribution in [0.5, 0.6) is 5.75 Å². The molecule has 2 aromatic rings. The lowest BCUT2D eigenvalue weighted by Crippen LogP contribution is -2.80. The number of nitrogens with two attached hydrogens (primary N) is 4. The Labute approximate surface area is 249 Å². The second-order valence-electron chi connectivity index (χ2n) is 11.6. The molecule has 0 heterocycles. The number of Topliss-reactive ketones (excluding diaryl/α,β-unsaturated/α-hetero) is 2. The Hall–Kier alpha value is -5.14. The summed E-state index contributed by atoms with van der Waals surface area (Å²) >= 11 is 0. The van der Waals surface area contributed by atoms with Crippen molar-refractivity contribution in [1.29, 1.82) is 5.26 Å². The topological polar surface area (TPSA) is 286 Å². The molecule has 15 nitrogen and oxygen atoms in total. The summed E-state index contributed by atoms with van der Waals surface area (Å²) in [6.07, 6.45) is -0.873. The van der Waals surface area contributed by atoms with Crippen LogP contribution < -0.4 is 22.9 Å². The van der Waals surface area contributed by atoms with Gasteiger partial charge in [-0.15, -0.1) is 0 Å². The molecule has 3 aliphatic rings. The number of likely N-dealkylation sites (N-methyl/N-ethyl adjacent to an activating group) is 1. The van der Waals surface area contributed by atoms with Crippen molar-refractivity contribution in [2.45, 2.75) is 36.5 Å². The van der Waals surface area contributed by atoms with E-state index in [9.17, 15) is 45.1 Å². The highest BCUT2D eigenvalue weighted by atomic mass is 16.6. The van der Waals surface area contributed by atoms with Gasteiger partial charge in [0.2, 0.25) is 0 Å². The summed E-state index contributed by atoms with van der Waals surface area (Å²) in [5.41, 5.74) is 16.9. The molecule has 44 heavy (non-hydrogen) atoms. The lowest BCUT2D eigenvalue weighted by Gasteiger charge is -2.58. The third kappa shape index (κ3) is 3.66. The van der Waals surface area contributed by atoms with E-state index in [-0.39, 0.29) is 35.3 Å². The number of nitro benzene ring substituents is 1. The number of phenolic OH excluding ortho intramolecular Hbond substituents is 1. The van der Waals surface area contributed by atoms with Gasteiger partial charge in [0.1, 0.15) is 22.8 Å². The van der Waals surface area contributed by atoms with Gasteiger partial charge in [0.05, 0.1) is 39.2 Å². The molecule has 4 atom stereocenters. The molecule has 228 valence electrons. The van der Waals surface area contributed by atoms with E-state index in [1.54, 1.807) is 12.1 Å². The van der Waals surface area contributed by atoms with Crippen molar-refractivity contribution < 1.29 is 34.6 Å². The van der Waals surface area contributed by atoms with Gasteiger partial charge in [-0.3, -0.25) is 29.4 Å². The van der Waals surface area contributed by atoms with Crippen molar-refractivity contribution in [3.63, 3.8) is 0 Å². The number of nitrogens with zero attached hydrogens (tertiary/aromatic N) is 3. The maximum Gasteiger partial charge on any atom is 0.270 e. The molecule has 5 rings (SSSR count). The first-order chi connectivity index (χ1) is 20.5. The number of nitriles is 1. The molecule has 0 bridgehead atoms. The van der Waals surface area contributed by atoms with Crippen molar-refractivity contribution in [1.82, 2.24) is 4.90 Å². The molecule has 11 N–H and O–H groups in total. The molecule has 0 unspecified atom stereocenters. The Morgan fingerprint density at radius 2 is 1.86 bits per heavy atom. The highest BCUT2D eigenvalue weighted by molar-refractivity contribution is 6.25. The van der Waals surface area contributed by atoms with E-state index in [4.69, 9.17) is 22.9 Å². The monoisotopic (exact) mass is 603 g/mol. The number of benzene rings is 2. The number of hydrogen-bond acceptors (Lipinski definition) is 13. The molecule has 1 saturated carbocycles. The number of amides is 1. The summed E-state index contributed by atoms with van der Waals surface area (Å²) in [5.74, 6) is -6.32. The number of aromatic hydroxyl groups is 1. The van der Waals surface area contributed by atoms with E-state index >= 15 is 0 Å². The van der Waals surface area contributed by atoms with Crippen LogP contribution in [0.15, 0.2) is 47.2 Å². The van der Waals surface area contributed by atoms with Crippen molar-refractivity contribution in [2.24, 2.45) is 28.3 Å². The Balaban J connectivity index is 1.89. The number of ketones is 2. The second kappa shape index (κ2) is 9.69. The third-order valence-electron chi connectivity index (χ3n) is 8.92. The van der Waals surface area contributed by atoms with E-state index in [1.807, 2.05) is 0 Å². The van der Waals surface area contributed by atoms with Crippen molar-refractivity contribution in [2.75, 3.05) is 14.1 Å². The van der Waals surface area contributed by atoms with Crippen LogP contribution in [0.2, 0.25) is 0 Å². The number of hydrogen-bond donors (Lipinski definition) is 7. The summed E-state index contributed by atoms with van der Waals surface area (Å²) < 4.78 is 0. The zero-order valence-electron chi connectivity index (χ0n) is 23.6. The number of primary amides is 1. The van der Waals surface area contributed by atoms with Gasteiger partial charge in [-0.1, -0.05) is 12.1 Å². The van der Waals surface area contributed by atoms with Gasteiger partial charge in [0.15, 0.2) is 17.0 Å². The second-order valence-corrected chi connectivity index (χ2v) is 11.6. The van der Waals surface area contributed by atoms with Crippen LogP contribution in [0.3, 0.4) is 0 Å². The molecular weight excluding hydrogens is 574 g/mol. The molecule has 0 aromatic heterocycles. The number of carbonyl (C=O) groups excluding carboxylic acids is 3. The summed E-state index contributed by atoms with van der Waals surface area (Å²) in [5, 5.41) is 56.3. The van der Waals surface area contributed by atoms with E-state index < -0.39 is 79.8 Å². The predicted molar refractivity (Wildman–Crippen MR) is 154 cm³/mol. The molecule has 15 heteroatoms. The first kappa shape index (κ1) is 30.3. The minimum atomic E-state index is -2.80. The highest BCUT2D eigenvalue weighted by Gasteiger charge is 2.74. The van der Waals surface area contributed by atoms with Gasteiger partial charge >= 0.3 is 0 Å². The number of nitro groups is 1. The molecule has 1 amide bonds. The molecule has 0 aliphatic heterocycles. The predicted octanol–water partition coefficient (Wildman–Crippen LogP) is -0.0606. The van der Waals surface area contributed by atoms with Crippen molar-refractivity contribution >= 4 is 28.9 Å². The largest absolute Gasteiger partial charge is 0.509 e. The molecular formula is C29H29N7O8. The summed E-state index contributed by atoms with van der Waals surface area (Å²) in [4.78, 5) is 52.6. The van der Waals surface area contributed by atoms with E-state index in [0.29, 0.717) is 11.1 Å². The van der Waals surface area contributed by atoms with Crippen LogP contribution in [-0.4, -0.2) is 73.8 Å². The Kier molecular flexibility index (Phi) is 6.68. The van der Waals surface area contributed by atoms with Gasteiger partial charge in [-0.05, 0) is 49.7 Å². The number of non-ortho nitro benzene ring substituents is 1. The minimum Gasteiger partial charge on any atom is -0.509 e. The number of carbonyl (C=O) groups is 3. The number of rotatable bonds is 5. The van der Waals surface area contributed by atoms with Crippen LogP contribution in [0.1, 0.15) is 23.1 Å². The fourth-order valence-corrected chi connectivity index (χ4v) is 7.16. The van der Waals surface area contributed by atoms with Crippen LogP contribution in [-0.2, 0) is 27.3 Å². The molecule has 1 fully saturated rings. The van der Waals surface area contributed by atoms with Gasteiger partial charge in [0.25, 0.3) is 11.6 Å². The summed E-state index contributed by atoms with van der Waals surface area (Å²) in [6, 6.07) is 7.21. The number of fused-ring (bicyclic) bond motifs is 3. The van der Waals surface area contributed by atoms with Crippen LogP contribution in [0, 0.1) is 26.9 Å². The third-order valence-corrected chi connectivity index (χ3v) is 8.92. The maximum atomic E-state index is 14.5. The van der Waals surface area contributed by atoms with E-state index in [2.05, 4.69) is 0 Å². The number of aliphatic hydroxyl groups is 2. The highest BCUT2D eigenvalue weighted by Crippen LogP contribution is 2.59. The summed E-state index contributed by atoms with van der Waals surface area (Å²) in [6.45, 7) is -0.239. The van der Waals surface area contributed by atoms with E-state index in [1.165, 1.54) is 43.3 Å². The Morgan fingerprint density at radius 3 is 2.41 bits per heavy atom. The SMILES string of the molecule is CN(C)[C@@H]1C(=O)C(C(N)=O)=C(O)[C@@]2(C#N)C(=O)C3=C(O)c4c(O)c(CN)cc(-c5cccc([N+](=O)[O-])c5)c4C[C@@]3(N)C[C@@]12N. The van der Waals surface area contributed by atoms with Crippen molar-refractivity contribution in [3.8, 4) is 22.9 Å². The minimum absolute atomic E-state index is 0.114. The smallest absolute Gasteiger partial charge is 0.270 e. The molecule has 2 aromatic carbocycles. The Bertz CT molecular complexity index is 1830. The molecule has 0 spiro atoms. The zero-order chi connectivity index (χ0) is 32.7. The lowest BCUT2D eigenvalue weighted by molar-refractivity contribution is -0.384. The van der Waals surface area contributed by atoms with Crippen molar-refractivity contribution in [3.05, 3.63) is 74.0 Å². The lowest BCUT2D eigenvalue weighted by atomic mass is 9.47. The molecule has 0 radical (unpaired) electrons. The van der Waals surface area contributed by atoms with Gasteiger partial charge < -0.3 is 38.3 Å². The van der Waals surface area contributed by atoms with E-state index in [0.717, 1.165) is 0 Å². The Morgan fingerprint density at radius 1 is 1.20 bits per heavy atom. The standard InChI is InChI=1S/C29H29N7O8/c1-35(2)23-22(39)18(26(32)42)24(40)28(11-31)25(41)19-21(38)17-16(8-27(19,33)10-29(23,28)34)15(7-13(9-30)20(17)37)12-4-3-5-14(6-12)36(43)44/h3-7,23,37-38,40H,8-10,30,33-34H2,1-2H3,(H2,32,42)/t23-,27-,28+,29-/m1/s1. The van der Waals surface area contributed by atoms with Crippen LogP contribution >= 0.6 is 0 Å². The average Bonchev–Trinajstić information content (AvgIpc) is 2.92. The van der Waals surface area contributed by atoms with Crippen LogP contribution in [0.4, 0.5) is 5.69 Å². The maximum absolute atomic E-state index is 14.5. The zero-order valence-corrected chi connectivity index (χ0v) is 23.6. The molecule has 3 aliphatic carbocycles. The first-order valence-electron chi connectivity index (χ1n) is 13.3.